The van der Waals surface area contributed by atoms with Gasteiger partial charge in [0.05, 0.1) is 10.5 Å². The number of sulfonamides is 1. The predicted molar refractivity (Wildman–Crippen MR) is 76.7 cm³/mol. The van der Waals surface area contributed by atoms with Gasteiger partial charge in [0.15, 0.2) is 0 Å². The summed E-state index contributed by atoms with van der Waals surface area (Å²) in [4.78, 5) is 11.1. The fraction of sp³-hybridized carbons (Fsp3) is 0.500. The van der Waals surface area contributed by atoms with Crippen molar-refractivity contribution >= 4 is 16.0 Å². The Labute approximate surface area is 124 Å². The molecule has 1 aliphatic heterocycles. The van der Waals surface area contributed by atoms with Gasteiger partial charge in [-0.3, -0.25) is 0 Å². The molecule has 6 nitrogen and oxygen atoms in total. The van der Waals surface area contributed by atoms with Crippen molar-refractivity contribution in [3.05, 3.63) is 29.3 Å². The molecule has 0 aromatic heterocycles. The molecule has 7 heteroatoms. The van der Waals surface area contributed by atoms with Gasteiger partial charge in [0, 0.05) is 19.7 Å². The summed E-state index contributed by atoms with van der Waals surface area (Å²) in [7, 11) is -3.69. The summed E-state index contributed by atoms with van der Waals surface area (Å²) in [5.74, 6) is -0.987. The van der Waals surface area contributed by atoms with Crippen molar-refractivity contribution in [1.82, 2.24) is 4.31 Å². The van der Waals surface area contributed by atoms with E-state index in [1.54, 1.807) is 6.92 Å². The number of aryl methyl sites for hydroxylation is 1. The highest BCUT2D eigenvalue weighted by molar-refractivity contribution is 7.89. The van der Waals surface area contributed by atoms with Crippen LogP contribution >= 0.6 is 0 Å². The Kier molecular flexibility index (Phi) is 4.65. The summed E-state index contributed by atoms with van der Waals surface area (Å²) in [6.45, 7) is 2.48. The number of hydrogen-bond acceptors (Lipinski definition) is 4. The highest BCUT2D eigenvalue weighted by Gasteiger charge is 2.33. The number of benzene rings is 1. The van der Waals surface area contributed by atoms with E-state index in [1.807, 2.05) is 0 Å². The average Bonchev–Trinajstić information content (AvgIpc) is 2.88. The molecule has 2 rings (SSSR count). The van der Waals surface area contributed by atoms with Gasteiger partial charge >= 0.3 is 5.97 Å². The van der Waals surface area contributed by atoms with Crippen molar-refractivity contribution in [2.24, 2.45) is 5.92 Å². The number of carbonyl (C=O) groups is 1. The largest absolute Gasteiger partial charge is 0.478 e. The number of carboxylic acid groups (broad SMARTS) is 1. The first-order valence-corrected chi connectivity index (χ1v) is 8.25. The molecule has 0 bridgehead atoms. The van der Waals surface area contributed by atoms with Gasteiger partial charge in [0.2, 0.25) is 10.0 Å². The minimum absolute atomic E-state index is 0.0368. The van der Waals surface area contributed by atoms with E-state index in [-0.39, 0.29) is 23.0 Å². The molecule has 1 unspecified atom stereocenters. The Morgan fingerprint density at radius 2 is 2.14 bits per heavy atom. The molecule has 1 fully saturated rings. The van der Waals surface area contributed by atoms with Gasteiger partial charge in [0.1, 0.15) is 0 Å². The van der Waals surface area contributed by atoms with Crippen LogP contribution in [0.2, 0.25) is 0 Å². The number of hydrogen-bond donors (Lipinski definition) is 2. The van der Waals surface area contributed by atoms with Crippen LogP contribution in [0.25, 0.3) is 0 Å². The van der Waals surface area contributed by atoms with Crippen LogP contribution in [0.3, 0.4) is 0 Å². The molecule has 21 heavy (non-hydrogen) atoms. The van der Waals surface area contributed by atoms with Crippen LogP contribution in [-0.4, -0.2) is 48.6 Å². The molecule has 0 aliphatic carbocycles. The zero-order valence-corrected chi connectivity index (χ0v) is 12.6. The minimum Gasteiger partial charge on any atom is -0.478 e. The van der Waals surface area contributed by atoms with Crippen molar-refractivity contribution in [2.75, 3.05) is 19.7 Å². The summed E-state index contributed by atoms with van der Waals surface area (Å²) in [5, 5.41) is 17.9. The highest BCUT2D eigenvalue weighted by Crippen LogP contribution is 2.28. The SMILES string of the molecule is Cc1ccc(C(=O)O)cc1S(=O)(=O)N1CCC(CCO)C1. The van der Waals surface area contributed by atoms with Crippen LogP contribution < -0.4 is 0 Å². The zero-order valence-electron chi connectivity index (χ0n) is 11.8. The fourth-order valence-electron chi connectivity index (χ4n) is 2.58. The summed E-state index contributed by atoms with van der Waals surface area (Å²) in [6, 6.07) is 4.12. The Hall–Kier alpha value is -1.44. The van der Waals surface area contributed by atoms with Gasteiger partial charge in [-0.25, -0.2) is 13.2 Å². The monoisotopic (exact) mass is 313 g/mol. The molecule has 2 N–H and O–H groups in total. The molecule has 1 atom stereocenters. The van der Waals surface area contributed by atoms with Crippen LogP contribution in [-0.2, 0) is 10.0 Å². The van der Waals surface area contributed by atoms with Gasteiger partial charge in [-0.15, -0.1) is 0 Å². The number of aliphatic hydroxyl groups excluding tert-OH is 1. The second-order valence-electron chi connectivity index (χ2n) is 5.32. The molecular weight excluding hydrogens is 294 g/mol. The van der Waals surface area contributed by atoms with Crippen molar-refractivity contribution in [3.8, 4) is 0 Å². The standard InChI is InChI=1S/C14H19NO5S/c1-10-2-3-12(14(17)18)8-13(10)21(19,20)15-6-4-11(9-15)5-7-16/h2-3,8,11,16H,4-7,9H2,1H3,(H,17,18). The topological polar surface area (TPSA) is 94.9 Å². The van der Waals surface area contributed by atoms with Gasteiger partial charge in [-0.05, 0) is 43.4 Å². The third-order valence-corrected chi connectivity index (χ3v) is 5.85. The lowest BCUT2D eigenvalue weighted by molar-refractivity contribution is 0.0696. The molecule has 1 aliphatic rings. The first kappa shape index (κ1) is 15.9. The minimum atomic E-state index is -3.69. The van der Waals surface area contributed by atoms with Crippen molar-refractivity contribution < 1.29 is 23.4 Å². The first-order valence-electron chi connectivity index (χ1n) is 6.81. The maximum absolute atomic E-state index is 12.7. The van der Waals surface area contributed by atoms with Crippen molar-refractivity contribution in [2.45, 2.75) is 24.7 Å². The number of carboxylic acids is 1. The smallest absolute Gasteiger partial charge is 0.335 e. The predicted octanol–water partition coefficient (Wildman–Crippen LogP) is 1.09. The molecule has 1 heterocycles. The molecular formula is C14H19NO5S. The third-order valence-electron chi connectivity index (χ3n) is 3.84. The molecule has 0 radical (unpaired) electrons. The second kappa shape index (κ2) is 6.13. The van der Waals surface area contributed by atoms with Crippen LogP contribution in [0.4, 0.5) is 0 Å². The van der Waals surface area contributed by atoms with E-state index in [4.69, 9.17) is 10.2 Å². The number of aliphatic hydroxyl groups is 1. The number of aromatic carboxylic acids is 1. The number of nitrogens with zero attached hydrogens (tertiary/aromatic N) is 1. The fourth-order valence-corrected chi connectivity index (χ4v) is 4.37. The van der Waals surface area contributed by atoms with E-state index < -0.39 is 16.0 Å². The van der Waals surface area contributed by atoms with E-state index in [0.717, 1.165) is 6.42 Å². The first-order chi connectivity index (χ1) is 9.86. The molecule has 1 saturated heterocycles. The summed E-state index contributed by atoms with van der Waals surface area (Å²) < 4.78 is 26.7. The highest BCUT2D eigenvalue weighted by atomic mass is 32.2. The van der Waals surface area contributed by atoms with Crippen molar-refractivity contribution in [1.29, 1.82) is 0 Å². The van der Waals surface area contributed by atoms with Crippen LogP contribution in [0.15, 0.2) is 23.1 Å². The second-order valence-corrected chi connectivity index (χ2v) is 7.22. The Bertz CT molecular complexity index is 641. The lowest BCUT2D eigenvalue weighted by atomic mass is 10.1. The van der Waals surface area contributed by atoms with Crippen LogP contribution in [0.5, 0.6) is 0 Å². The lowest BCUT2D eigenvalue weighted by Crippen LogP contribution is -2.29. The lowest BCUT2D eigenvalue weighted by Gasteiger charge is -2.18. The van der Waals surface area contributed by atoms with Gasteiger partial charge in [-0.2, -0.15) is 4.31 Å². The van der Waals surface area contributed by atoms with E-state index in [0.29, 0.717) is 25.1 Å². The van der Waals surface area contributed by atoms with E-state index >= 15 is 0 Å². The molecule has 1 aromatic carbocycles. The van der Waals surface area contributed by atoms with Gasteiger partial charge in [-0.1, -0.05) is 6.07 Å². The van der Waals surface area contributed by atoms with Gasteiger partial charge < -0.3 is 10.2 Å². The normalized spacial score (nSPS) is 19.8. The van der Waals surface area contributed by atoms with Crippen molar-refractivity contribution in [3.63, 3.8) is 0 Å². The maximum atomic E-state index is 12.7. The van der Waals surface area contributed by atoms with E-state index in [1.165, 1.54) is 22.5 Å². The third kappa shape index (κ3) is 3.25. The molecule has 1 aromatic rings. The van der Waals surface area contributed by atoms with Crippen LogP contribution in [0.1, 0.15) is 28.8 Å². The summed E-state index contributed by atoms with van der Waals surface area (Å²) in [5.41, 5.74) is 0.496. The van der Waals surface area contributed by atoms with E-state index in [9.17, 15) is 13.2 Å². The average molecular weight is 313 g/mol. The Morgan fingerprint density at radius 3 is 2.76 bits per heavy atom. The Morgan fingerprint density at radius 1 is 1.43 bits per heavy atom. The zero-order chi connectivity index (χ0) is 15.6. The summed E-state index contributed by atoms with van der Waals surface area (Å²) >= 11 is 0. The molecule has 0 spiro atoms. The van der Waals surface area contributed by atoms with Gasteiger partial charge in [0.25, 0.3) is 0 Å². The molecule has 116 valence electrons. The number of rotatable bonds is 5. The molecule has 0 amide bonds. The van der Waals surface area contributed by atoms with Crippen LogP contribution in [0, 0.1) is 12.8 Å². The Balaban J connectivity index is 2.32. The van der Waals surface area contributed by atoms with E-state index in [2.05, 4.69) is 0 Å². The quantitative estimate of drug-likeness (QED) is 0.848. The maximum Gasteiger partial charge on any atom is 0.335 e. The molecule has 0 saturated carbocycles. The summed E-state index contributed by atoms with van der Waals surface area (Å²) in [6.07, 6.45) is 1.30.